The highest BCUT2D eigenvalue weighted by atomic mass is 16.1. The van der Waals surface area contributed by atoms with Gasteiger partial charge in [0.05, 0.1) is 22.6 Å². The van der Waals surface area contributed by atoms with Crippen LogP contribution in [0.4, 0.5) is 0 Å². The average Bonchev–Trinajstić information content (AvgIpc) is 3.80. The molecule has 3 aromatic heterocycles. The lowest BCUT2D eigenvalue weighted by Gasteiger charge is -2.24. The summed E-state index contributed by atoms with van der Waals surface area (Å²) in [6, 6.07) is 33.7. The number of pyridine rings is 1. The fraction of sp³-hybridized carbons (Fsp3) is 0.235. The molecule has 268 valence electrons. The lowest BCUT2D eigenvalue weighted by Crippen LogP contribution is -2.13. The Morgan fingerprint density at radius 3 is 1.53 bits per heavy atom. The van der Waals surface area contributed by atoms with E-state index in [1.807, 2.05) is 10.6 Å². The van der Waals surface area contributed by atoms with E-state index >= 15 is 4.79 Å². The Labute approximate surface area is 319 Å². The topological polar surface area (TPSA) is 47.3 Å². The van der Waals surface area contributed by atoms with E-state index in [4.69, 9.17) is 9.97 Å². The molecule has 11 rings (SSSR count). The Kier molecular flexibility index (Phi) is 6.07. The number of fused-ring (bicyclic) bond motifs is 7. The molecule has 0 fully saturated rings. The highest BCUT2D eigenvalue weighted by Gasteiger charge is 2.31. The Hall–Kier alpha value is -5.87. The zero-order chi connectivity index (χ0) is 38.1. The monoisotopic (exact) mass is 713 g/mol. The lowest BCUT2D eigenvalue weighted by molar-refractivity contribution is 0.570. The van der Waals surface area contributed by atoms with Gasteiger partial charge < -0.3 is 0 Å². The molecule has 0 aliphatic rings. The van der Waals surface area contributed by atoms with E-state index in [0.29, 0.717) is 5.65 Å². The number of aromatic nitrogens is 3. The molecule has 0 radical (unpaired) electrons. The van der Waals surface area contributed by atoms with Gasteiger partial charge in [-0.2, -0.15) is 0 Å². The molecular formula is C51H43N3O. The molecule has 0 aliphatic carbocycles. The van der Waals surface area contributed by atoms with Crippen LogP contribution in [0.1, 0.15) is 79.1 Å². The normalized spacial score (nSPS) is 13.6. The molecule has 0 saturated carbocycles. The number of hydrogen-bond donors (Lipinski definition) is 0. The molecule has 8 aromatic carbocycles. The van der Waals surface area contributed by atoms with Gasteiger partial charge in [0.15, 0.2) is 0 Å². The molecule has 0 saturated heterocycles. The second kappa shape index (κ2) is 10.2. The Morgan fingerprint density at radius 1 is 0.491 bits per heavy atom. The second-order valence-corrected chi connectivity index (χ2v) is 19.0. The van der Waals surface area contributed by atoms with Gasteiger partial charge in [-0.05, 0) is 116 Å². The van der Waals surface area contributed by atoms with Gasteiger partial charge in [-0.15, -0.1) is 0 Å². The molecular weight excluding hydrogens is 671 g/mol. The smallest absolute Gasteiger partial charge is 0.265 e. The fourth-order valence-electron chi connectivity index (χ4n) is 9.94. The summed E-state index contributed by atoms with van der Waals surface area (Å²) >= 11 is 0. The van der Waals surface area contributed by atoms with Crippen LogP contribution in [-0.2, 0) is 16.2 Å². The van der Waals surface area contributed by atoms with E-state index in [1.54, 1.807) is 0 Å². The van der Waals surface area contributed by atoms with Crippen molar-refractivity contribution in [2.75, 3.05) is 0 Å². The van der Waals surface area contributed by atoms with Gasteiger partial charge in [0.1, 0.15) is 5.65 Å². The van der Waals surface area contributed by atoms with Crippen LogP contribution in [0.25, 0.3) is 104 Å². The predicted molar refractivity (Wildman–Crippen MR) is 234 cm³/mol. The Balaban J connectivity index is 1.43. The van der Waals surface area contributed by atoms with Gasteiger partial charge in [-0.25, -0.2) is 4.98 Å². The molecule has 11 aromatic rings. The number of imidazole rings is 1. The Bertz CT molecular complexity index is 3430. The van der Waals surface area contributed by atoms with Crippen molar-refractivity contribution in [1.82, 2.24) is 14.4 Å². The van der Waals surface area contributed by atoms with Crippen molar-refractivity contribution in [3.8, 4) is 22.3 Å². The van der Waals surface area contributed by atoms with Crippen LogP contribution >= 0.6 is 0 Å². The third-order valence-electron chi connectivity index (χ3n) is 12.4. The summed E-state index contributed by atoms with van der Waals surface area (Å²) in [5.41, 5.74) is 10.3. The van der Waals surface area contributed by atoms with Gasteiger partial charge >= 0.3 is 0 Å². The quantitative estimate of drug-likeness (QED) is 0.168. The molecule has 3 heterocycles. The van der Waals surface area contributed by atoms with Crippen molar-refractivity contribution in [1.29, 1.82) is 0 Å². The van der Waals surface area contributed by atoms with Crippen LogP contribution in [0.5, 0.6) is 0 Å². The van der Waals surface area contributed by atoms with Gasteiger partial charge in [0, 0.05) is 16.5 Å². The zero-order valence-electron chi connectivity index (χ0n) is 33.0. The zero-order valence-corrected chi connectivity index (χ0v) is 33.0. The number of rotatable bonds is 2. The molecule has 4 nitrogen and oxygen atoms in total. The maximum absolute atomic E-state index is 15.3. The lowest BCUT2D eigenvalue weighted by atomic mass is 9.80. The van der Waals surface area contributed by atoms with Gasteiger partial charge in [0.25, 0.3) is 5.56 Å². The molecule has 0 amide bonds. The van der Waals surface area contributed by atoms with Crippen LogP contribution in [0.15, 0.2) is 102 Å². The SMILES string of the molecule is CC(C)(C)c1cc2nc3c4c5cc(-c6ccccc6C(C)(C)C)c6ccc7ccc8c(-c9ccccc9C(C)(C)C)cc(c4c(=O)n3c2cn1)c1c8c7c6c51. The minimum absolute atomic E-state index is 0.0333. The van der Waals surface area contributed by atoms with E-state index in [1.165, 1.54) is 76.5 Å². The summed E-state index contributed by atoms with van der Waals surface area (Å²) in [7, 11) is 0. The summed E-state index contributed by atoms with van der Waals surface area (Å²) in [6.07, 6.45) is 1.86. The third kappa shape index (κ3) is 4.15. The van der Waals surface area contributed by atoms with E-state index < -0.39 is 0 Å². The van der Waals surface area contributed by atoms with Crippen LogP contribution in [0.3, 0.4) is 0 Å². The first-order chi connectivity index (χ1) is 26.1. The average molecular weight is 714 g/mol. The molecule has 0 bridgehead atoms. The Morgan fingerprint density at radius 2 is 1.00 bits per heavy atom. The molecule has 0 aliphatic heterocycles. The molecule has 0 atom stereocenters. The summed E-state index contributed by atoms with van der Waals surface area (Å²) in [4.78, 5) is 25.5. The molecule has 55 heavy (non-hydrogen) atoms. The summed E-state index contributed by atoms with van der Waals surface area (Å²) < 4.78 is 1.84. The van der Waals surface area contributed by atoms with E-state index in [0.717, 1.165) is 38.3 Å². The summed E-state index contributed by atoms with van der Waals surface area (Å²) in [5.74, 6) is 0. The van der Waals surface area contributed by atoms with Gasteiger partial charge in [-0.3, -0.25) is 14.2 Å². The van der Waals surface area contributed by atoms with Crippen LogP contribution in [-0.4, -0.2) is 14.4 Å². The van der Waals surface area contributed by atoms with Gasteiger partial charge in [0.2, 0.25) is 0 Å². The number of nitrogens with zero attached hydrogens (tertiary/aromatic N) is 3. The summed E-state index contributed by atoms with van der Waals surface area (Å²) in [6.45, 7) is 20.2. The standard InChI is InChI=1S/C51H43N3O/c1-49(2,3)35-16-12-10-14-27(35)31-22-33-43-41-29(31)20-18-26-19-21-30-32(28-15-11-13-17-36(28)50(4,5)6)23-34(44(43)42(30)40(26)41)46-45(33)47-53-37-24-39(51(7,8)9)52-25-38(37)54(47)48(46)55/h10-25H,1-9H3. The van der Waals surface area contributed by atoms with Crippen LogP contribution in [0.2, 0.25) is 0 Å². The van der Waals surface area contributed by atoms with Gasteiger partial charge in [-0.1, -0.05) is 135 Å². The first-order valence-electron chi connectivity index (χ1n) is 19.6. The molecule has 0 N–H and O–H groups in total. The fourth-order valence-corrected chi connectivity index (χ4v) is 9.94. The van der Waals surface area contributed by atoms with E-state index in [2.05, 4.69) is 153 Å². The van der Waals surface area contributed by atoms with Crippen molar-refractivity contribution < 1.29 is 0 Å². The van der Waals surface area contributed by atoms with E-state index in [9.17, 15) is 0 Å². The third-order valence-corrected chi connectivity index (χ3v) is 12.4. The van der Waals surface area contributed by atoms with E-state index in [-0.39, 0.29) is 21.8 Å². The predicted octanol–water partition coefficient (Wildman–Crippen LogP) is 13.1. The van der Waals surface area contributed by atoms with Crippen LogP contribution < -0.4 is 5.56 Å². The van der Waals surface area contributed by atoms with Crippen molar-refractivity contribution in [3.05, 3.63) is 124 Å². The van der Waals surface area contributed by atoms with Crippen molar-refractivity contribution in [2.24, 2.45) is 0 Å². The number of hydrogen-bond acceptors (Lipinski definition) is 3. The maximum Gasteiger partial charge on any atom is 0.265 e. The summed E-state index contributed by atoms with van der Waals surface area (Å²) in [5, 5.41) is 13.7. The molecule has 4 heteroatoms. The van der Waals surface area contributed by atoms with Crippen molar-refractivity contribution in [3.63, 3.8) is 0 Å². The van der Waals surface area contributed by atoms with Crippen molar-refractivity contribution in [2.45, 2.75) is 78.6 Å². The number of benzene rings is 7. The largest absolute Gasteiger partial charge is 0.268 e. The molecule has 0 unspecified atom stereocenters. The maximum atomic E-state index is 15.3. The first kappa shape index (κ1) is 32.6. The first-order valence-corrected chi connectivity index (χ1v) is 19.6. The molecule has 0 spiro atoms. The minimum atomic E-state index is -0.150. The minimum Gasteiger partial charge on any atom is -0.268 e. The van der Waals surface area contributed by atoms with Crippen molar-refractivity contribution >= 4 is 81.3 Å². The second-order valence-electron chi connectivity index (χ2n) is 19.0. The van der Waals surface area contributed by atoms with Crippen LogP contribution in [0, 0.1) is 0 Å². The highest BCUT2D eigenvalue weighted by Crippen LogP contribution is 2.55. The highest BCUT2D eigenvalue weighted by molar-refractivity contribution is 6.50.